The summed E-state index contributed by atoms with van der Waals surface area (Å²) < 4.78 is 47.3. The van der Waals surface area contributed by atoms with E-state index in [1.54, 1.807) is 12.1 Å². The molecular formula is C17H16F3NO. The maximum atomic E-state index is 14.2. The first-order valence-corrected chi connectivity index (χ1v) is 7.21. The van der Waals surface area contributed by atoms with Crippen LogP contribution in [0.15, 0.2) is 36.4 Å². The van der Waals surface area contributed by atoms with Gasteiger partial charge in [0.25, 0.3) is 0 Å². The average molecular weight is 307 g/mol. The average Bonchev–Trinajstić information content (AvgIpc) is 3.02. The van der Waals surface area contributed by atoms with Crippen LogP contribution in [-0.4, -0.2) is 19.2 Å². The molecule has 5 heteroatoms. The second-order valence-corrected chi connectivity index (χ2v) is 5.30. The van der Waals surface area contributed by atoms with Crippen LogP contribution in [0, 0.1) is 17.5 Å². The molecule has 0 aliphatic carbocycles. The third-order valence-electron chi connectivity index (χ3n) is 3.81. The van der Waals surface area contributed by atoms with Gasteiger partial charge in [0.1, 0.15) is 5.82 Å². The lowest BCUT2D eigenvalue weighted by Gasteiger charge is -2.15. The molecule has 2 aromatic rings. The van der Waals surface area contributed by atoms with E-state index in [0.717, 1.165) is 25.6 Å². The fraction of sp³-hybridized carbons (Fsp3) is 0.294. The van der Waals surface area contributed by atoms with Gasteiger partial charge >= 0.3 is 0 Å². The van der Waals surface area contributed by atoms with Crippen LogP contribution in [0.5, 0.6) is 0 Å². The molecule has 1 heterocycles. The zero-order valence-corrected chi connectivity index (χ0v) is 11.9. The number of benzene rings is 2. The summed E-state index contributed by atoms with van der Waals surface area (Å²) in [5, 5.41) is 3.17. The van der Waals surface area contributed by atoms with Gasteiger partial charge in [-0.3, -0.25) is 0 Å². The number of ether oxygens (including phenoxy) is 1. The third kappa shape index (κ3) is 3.00. The molecule has 0 amide bonds. The lowest BCUT2D eigenvalue weighted by molar-refractivity contribution is 0.0543. The number of hydrogen-bond acceptors (Lipinski definition) is 2. The lowest BCUT2D eigenvalue weighted by atomic mass is 9.98. The highest BCUT2D eigenvalue weighted by Crippen LogP contribution is 2.31. The fourth-order valence-corrected chi connectivity index (χ4v) is 2.67. The zero-order chi connectivity index (χ0) is 15.5. The van der Waals surface area contributed by atoms with Crippen LogP contribution in [0.1, 0.15) is 12.0 Å². The Bertz CT molecular complexity index is 669. The van der Waals surface area contributed by atoms with Crippen LogP contribution in [0.25, 0.3) is 11.1 Å². The van der Waals surface area contributed by atoms with Crippen LogP contribution in [0.3, 0.4) is 0 Å². The van der Waals surface area contributed by atoms with Crippen LogP contribution >= 0.6 is 0 Å². The topological polar surface area (TPSA) is 21.3 Å². The van der Waals surface area contributed by atoms with Crippen LogP contribution in [0.4, 0.5) is 13.2 Å². The second-order valence-electron chi connectivity index (χ2n) is 5.30. The monoisotopic (exact) mass is 307 g/mol. The van der Waals surface area contributed by atoms with Gasteiger partial charge in [-0.15, -0.1) is 0 Å². The Kier molecular flexibility index (Phi) is 4.45. The predicted octanol–water partition coefficient (Wildman–Crippen LogP) is 3.65. The minimum absolute atomic E-state index is 0.0606. The molecule has 1 aliphatic rings. The van der Waals surface area contributed by atoms with E-state index in [0.29, 0.717) is 5.56 Å². The van der Waals surface area contributed by atoms with Gasteiger partial charge in [-0.25, -0.2) is 13.2 Å². The maximum Gasteiger partial charge on any atom is 0.166 e. The van der Waals surface area contributed by atoms with Gasteiger partial charge < -0.3 is 10.1 Å². The van der Waals surface area contributed by atoms with Crippen LogP contribution < -0.4 is 5.32 Å². The van der Waals surface area contributed by atoms with Gasteiger partial charge in [0, 0.05) is 17.7 Å². The molecule has 3 rings (SSSR count). The molecular weight excluding hydrogens is 291 g/mol. The highest BCUT2D eigenvalue weighted by atomic mass is 19.2. The molecule has 0 radical (unpaired) electrons. The first kappa shape index (κ1) is 15.1. The van der Waals surface area contributed by atoms with Gasteiger partial charge in [0.2, 0.25) is 0 Å². The van der Waals surface area contributed by atoms with Crippen molar-refractivity contribution in [2.75, 3.05) is 13.1 Å². The Labute approximate surface area is 126 Å². The summed E-state index contributed by atoms with van der Waals surface area (Å²) >= 11 is 0. The summed E-state index contributed by atoms with van der Waals surface area (Å²) in [6.45, 7) is 1.80. The molecule has 1 aliphatic heterocycles. The van der Waals surface area contributed by atoms with Crippen molar-refractivity contribution in [3.63, 3.8) is 0 Å². The van der Waals surface area contributed by atoms with Gasteiger partial charge in [0.15, 0.2) is 11.6 Å². The van der Waals surface area contributed by atoms with Crippen LogP contribution in [-0.2, 0) is 11.3 Å². The van der Waals surface area contributed by atoms with E-state index in [2.05, 4.69) is 5.32 Å². The summed E-state index contributed by atoms with van der Waals surface area (Å²) in [5.74, 6) is -2.63. The quantitative estimate of drug-likeness (QED) is 0.931. The highest BCUT2D eigenvalue weighted by Gasteiger charge is 2.19. The van der Waals surface area contributed by atoms with Gasteiger partial charge in [-0.1, -0.05) is 24.3 Å². The molecule has 1 unspecified atom stereocenters. The van der Waals surface area contributed by atoms with E-state index in [1.165, 1.54) is 18.2 Å². The third-order valence-corrected chi connectivity index (χ3v) is 3.81. The molecule has 1 N–H and O–H groups in total. The number of hydrogen-bond donors (Lipinski definition) is 1. The zero-order valence-electron chi connectivity index (χ0n) is 11.9. The lowest BCUT2D eigenvalue weighted by Crippen LogP contribution is -2.16. The normalized spacial score (nSPS) is 17.9. The van der Waals surface area contributed by atoms with Crippen molar-refractivity contribution in [1.29, 1.82) is 0 Å². The Hall–Kier alpha value is -1.85. The van der Waals surface area contributed by atoms with Gasteiger partial charge in [0.05, 0.1) is 12.7 Å². The van der Waals surface area contributed by atoms with Gasteiger partial charge in [-0.2, -0.15) is 0 Å². The Morgan fingerprint density at radius 2 is 1.82 bits per heavy atom. The SMILES string of the molecule is Fc1cccc(-c2c(F)cccc2COC2CCNC2)c1F. The van der Waals surface area contributed by atoms with E-state index in [1.807, 2.05) is 0 Å². The maximum absolute atomic E-state index is 14.2. The summed E-state index contributed by atoms with van der Waals surface area (Å²) in [5.41, 5.74) is 0.489. The van der Waals surface area contributed by atoms with Crippen molar-refractivity contribution in [2.24, 2.45) is 0 Å². The largest absolute Gasteiger partial charge is 0.372 e. The fourth-order valence-electron chi connectivity index (χ4n) is 2.67. The molecule has 2 nitrogen and oxygen atoms in total. The predicted molar refractivity (Wildman–Crippen MR) is 77.8 cm³/mol. The summed E-state index contributed by atoms with van der Waals surface area (Å²) in [4.78, 5) is 0. The molecule has 1 saturated heterocycles. The Balaban J connectivity index is 1.94. The molecule has 2 aromatic carbocycles. The number of halogens is 3. The first-order chi connectivity index (χ1) is 10.7. The molecule has 0 bridgehead atoms. The molecule has 1 atom stereocenters. The summed E-state index contributed by atoms with van der Waals surface area (Å²) in [7, 11) is 0. The van der Waals surface area contributed by atoms with E-state index < -0.39 is 17.5 Å². The minimum atomic E-state index is -1.05. The molecule has 0 spiro atoms. The second kappa shape index (κ2) is 6.50. The van der Waals surface area contributed by atoms with Crippen molar-refractivity contribution >= 4 is 0 Å². The van der Waals surface area contributed by atoms with Crippen molar-refractivity contribution in [3.05, 3.63) is 59.4 Å². The smallest absolute Gasteiger partial charge is 0.166 e. The number of rotatable bonds is 4. The Morgan fingerprint density at radius 1 is 1.05 bits per heavy atom. The van der Waals surface area contributed by atoms with E-state index >= 15 is 0 Å². The highest BCUT2D eigenvalue weighted by molar-refractivity contribution is 5.68. The Morgan fingerprint density at radius 3 is 2.59 bits per heavy atom. The number of nitrogens with one attached hydrogen (secondary N) is 1. The van der Waals surface area contributed by atoms with Crippen LogP contribution in [0.2, 0.25) is 0 Å². The van der Waals surface area contributed by atoms with Crippen molar-refractivity contribution in [1.82, 2.24) is 5.32 Å². The van der Waals surface area contributed by atoms with E-state index in [9.17, 15) is 13.2 Å². The molecule has 0 saturated carbocycles. The molecule has 0 aromatic heterocycles. The van der Waals surface area contributed by atoms with Crippen molar-refractivity contribution < 1.29 is 17.9 Å². The molecule has 116 valence electrons. The summed E-state index contributed by atoms with van der Waals surface area (Å²) in [6, 6.07) is 8.20. The first-order valence-electron chi connectivity index (χ1n) is 7.21. The molecule has 1 fully saturated rings. The minimum Gasteiger partial charge on any atom is -0.372 e. The van der Waals surface area contributed by atoms with Crippen molar-refractivity contribution in [3.8, 4) is 11.1 Å². The van der Waals surface area contributed by atoms with Gasteiger partial charge in [-0.05, 0) is 30.7 Å². The summed E-state index contributed by atoms with van der Waals surface area (Å²) in [6.07, 6.45) is 0.951. The standard InChI is InChI=1S/C17H16F3NO/c18-14-5-1-3-11(10-22-12-7-8-21-9-12)16(14)13-4-2-6-15(19)17(13)20/h1-6,12,21H,7-10H2. The van der Waals surface area contributed by atoms with E-state index in [-0.39, 0.29) is 23.8 Å². The molecule has 22 heavy (non-hydrogen) atoms. The van der Waals surface area contributed by atoms with Crippen molar-refractivity contribution in [2.45, 2.75) is 19.1 Å². The van der Waals surface area contributed by atoms with E-state index in [4.69, 9.17) is 4.74 Å².